The van der Waals surface area contributed by atoms with Gasteiger partial charge in [-0.2, -0.15) is 0 Å². The number of rotatable bonds is 5. The number of halogens is 1. The maximum Gasteiger partial charge on any atom is 0.257 e. The van der Waals surface area contributed by atoms with Crippen LogP contribution in [-0.4, -0.2) is 34.9 Å². The molecule has 0 radical (unpaired) electrons. The Bertz CT molecular complexity index is 478. The average molecular weight is 340 g/mol. The predicted molar refractivity (Wildman–Crippen MR) is 85.1 cm³/mol. The fourth-order valence-corrected chi connectivity index (χ4v) is 3.00. The van der Waals surface area contributed by atoms with Gasteiger partial charge in [0.2, 0.25) is 0 Å². The smallest absolute Gasteiger partial charge is 0.257 e. The molecular formula is C15H22BrN3O. The van der Waals surface area contributed by atoms with E-state index in [1.165, 1.54) is 0 Å². The van der Waals surface area contributed by atoms with Crippen molar-refractivity contribution in [3.05, 3.63) is 22.3 Å². The van der Waals surface area contributed by atoms with Gasteiger partial charge in [-0.3, -0.25) is 4.79 Å². The molecule has 4 nitrogen and oxygen atoms in total. The molecule has 1 atom stereocenters. The van der Waals surface area contributed by atoms with Crippen LogP contribution in [-0.2, 0) is 0 Å². The molecule has 0 aliphatic carbocycles. The molecule has 20 heavy (non-hydrogen) atoms. The molecule has 1 saturated heterocycles. The third kappa shape index (κ3) is 3.32. The highest BCUT2D eigenvalue weighted by atomic mass is 79.9. The number of likely N-dealkylation sites (tertiary alicyclic amines) is 1. The molecule has 0 spiro atoms. The van der Waals surface area contributed by atoms with Crippen molar-refractivity contribution in [3.63, 3.8) is 0 Å². The molecule has 0 aromatic carbocycles. The molecule has 2 rings (SSSR count). The molecular weight excluding hydrogens is 318 g/mol. The number of hydrogen-bond donors (Lipinski definition) is 1. The number of amides is 1. The lowest BCUT2D eigenvalue weighted by molar-refractivity contribution is 0.0734. The van der Waals surface area contributed by atoms with Crippen molar-refractivity contribution in [2.24, 2.45) is 0 Å². The van der Waals surface area contributed by atoms with E-state index < -0.39 is 0 Å². The molecule has 110 valence electrons. The first-order valence-electron chi connectivity index (χ1n) is 7.37. The van der Waals surface area contributed by atoms with E-state index >= 15 is 0 Å². The molecule has 0 saturated carbocycles. The number of nitrogens with zero attached hydrogens (tertiary/aromatic N) is 2. The molecule has 1 aromatic heterocycles. The van der Waals surface area contributed by atoms with E-state index in [1.807, 2.05) is 11.0 Å². The average Bonchev–Trinajstić information content (AvgIpc) is 2.93. The summed E-state index contributed by atoms with van der Waals surface area (Å²) in [5, 5.41) is 3.25. The fraction of sp³-hybridized carbons (Fsp3) is 0.600. The van der Waals surface area contributed by atoms with Crippen molar-refractivity contribution in [2.75, 3.05) is 18.4 Å². The second-order valence-corrected chi connectivity index (χ2v) is 6.10. The second-order valence-electron chi connectivity index (χ2n) is 5.18. The quantitative estimate of drug-likeness (QED) is 0.889. The van der Waals surface area contributed by atoms with E-state index in [0.717, 1.165) is 43.2 Å². The van der Waals surface area contributed by atoms with Crippen molar-refractivity contribution >= 4 is 27.7 Å². The van der Waals surface area contributed by atoms with Crippen LogP contribution in [0.2, 0.25) is 0 Å². The Hall–Kier alpha value is -1.10. The Kier molecular flexibility index (Phi) is 5.40. The highest BCUT2D eigenvalue weighted by Crippen LogP contribution is 2.26. The zero-order valence-electron chi connectivity index (χ0n) is 12.2. The first-order valence-corrected chi connectivity index (χ1v) is 8.17. The number of carbonyl (C=O) groups excluding carboxylic acids is 1. The van der Waals surface area contributed by atoms with E-state index in [1.54, 1.807) is 6.20 Å². The third-order valence-corrected chi connectivity index (χ3v) is 4.17. The van der Waals surface area contributed by atoms with Gasteiger partial charge in [-0.25, -0.2) is 4.98 Å². The maximum absolute atomic E-state index is 12.8. The van der Waals surface area contributed by atoms with Gasteiger partial charge in [-0.15, -0.1) is 0 Å². The Labute approximate surface area is 129 Å². The molecule has 1 N–H and O–H groups in total. The minimum atomic E-state index is 0.0988. The summed E-state index contributed by atoms with van der Waals surface area (Å²) < 4.78 is 0.843. The largest absolute Gasteiger partial charge is 0.369 e. The highest BCUT2D eigenvalue weighted by Gasteiger charge is 2.29. The van der Waals surface area contributed by atoms with Crippen LogP contribution in [0.4, 0.5) is 5.82 Å². The van der Waals surface area contributed by atoms with Gasteiger partial charge in [-0.05, 0) is 47.7 Å². The van der Waals surface area contributed by atoms with E-state index in [0.29, 0.717) is 17.4 Å². The van der Waals surface area contributed by atoms with Crippen LogP contribution < -0.4 is 5.32 Å². The monoisotopic (exact) mass is 339 g/mol. The number of anilines is 1. The standard InChI is InChI=1S/C15H22BrN3O/c1-3-7-17-14-13(9-11(16)10-18-14)15(20)19-8-5-6-12(19)4-2/h9-10,12H,3-8H2,1-2H3,(H,17,18). The molecule has 5 heteroatoms. The Morgan fingerprint density at radius 3 is 3.05 bits per heavy atom. The van der Waals surface area contributed by atoms with Crippen molar-refractivity contribution in [1.82, 2.24) is 9.88 Å². The first kappa shape index (κ1) is 15.3. The number of nitrogens with one attached hydrogen (secondary N) is 1. The second kappa shape index (κ2) is 7.07. The van der Waals surface area contributed by atoms with Gasteiger partial charge in [0.25, 0.3) is 5.91 Å². The molecule has 1 amide bonds. The van der Waals surface area contributed by atoms with Crippen LogP contribution in [0.1, 0.15) is 49.9 Å². The minimum absolute atomic E-state index is 0.0988. The zero-order valence-corrected chi connectivity index (χ0v) is 13.7. The van der Waals surface area contributed by atoms with Crippen LogP contribution in [0, 0.1) is 0 Å². The van der Waals surface area contributed by atoms with Crippen LogP contribution in [0.5, 0.6) is 0 Å². The van der Waals surface area contributed by atoms with Crippen molar-refractivity contribution < 1.29 is 4.79 Å². The summed E-state index contributed by atoms with van der Waals surface area (Å²) in [7, 11) is 0. The number of pyridine rings is 1. The van der Waals surface area contributed by atoms with Crippen molar-refractivity contribution in [3.8, 4) is 0 Å². The van der Waals surface area contributed by atoms with E-state index in [4.69, 9.17) is 0 Å². The van der Waals surface area contributed by atoms with Crippen molar-refractivity contribution in [1.29, 1.82) is 0 Å². The first-order chi connectivity index (χ1) is 9.67. The molecule has 2 heterocycles. The van der Waals surface area contributed by atoms with E-state index in [9.17, 15) is 4.79 Å². The zero-order chi connectivity index (χ0) is 14.5. The number of carbonyl (C=O) groups is 1. The molecule has 1 aromatic rings. The number of hydrogen-bond acceptors (Lipinski definition) is 3. The highest BCUT2D eigenvalue weighted by molar-refractivity contribution is 9.10. The van der Waals surface area contributed by atoms with Crippen LogP contribution in [0.25, 0.3) is 0 Å². The summed E-state index contributed by atoms with van der Waals surface area (Å²) in [5.41, 5.74) is 0.674. The number of aromatic nitrogens is 1. The SMILES string of the molecule is CCCNc1ncc(Br)cc1C(=O)N1CCCC1CC. The summed E-state index contributed by atoms with van der Waals surface area (Å²) in [6.07, 6.45) is 5.97. The van der Waals surface area contributed by atoms with Crippen LogP contribution in [0.15, 0.2) is 16.7 Å². The lowest BCUT2D eigenvalue weighted by Crippen LogP contribution is -2.35. The van der Waals surface area contributed by atoms with Gasteiger partial charge < -0.3 is 10.2 Å². The third-order valence-electron chi connectivity index (χ3n) is 3.74. The van der Waals surface area contributed by atoms with Crippen LogP contribution >= 0.6 is 15.9 Å². The Morgan fingerprint density at radius 1 is 1.55 bits per heavy atom. The summed E-state index contributed by atoms with van der Waals surface area (Å²) in [4.78, 5) is 19.1. The Morgan fingerprint density at radius 2 is 2.35 bits per heavy atom. The summed E-state index contributed by atoms with van der Waals surface area (Å²) in [6.45, 7) is 5.93. The van der Waals surface area contributed by atoms with Gasteiger partial charge in [0.15, 0.2) is 0 Å². The van der Waals surface area contributed by atoms with E-state index in [2.05, 4.69) is 40.1 Å². The fourth-order valence-electron chi connectivity index (χ4n) is 2.67. The maximum atomic E-state index is 12.8. The van der Waals surface area contributed by atoms with Gasteiger partial charge in [-0.1, -0.05) is 13.8 Å². The topological polar surface area (TPSA) is 45.2 Å². The summed E-state index contributed by atoms with van der Waals surface area (Å²) in [6, 6.07) is 2.25. The molecule has 1 aliphatic heterocycles. The Balaban J connectivity index is 2.25. The molecule has 0 bridgehead atoms. The predicted octanol–water partition coefficient (Wildman–Crippen LogP) is 3.68. The van der Waals surface area contributed by atoms with Gasteiger partial charge in [0, 0.05) is 29.8 Å². The summed E-state index contributed by atoms with van der Waals surface area (Å²) >= 11 is 3.41. The lowest BCUT2D eigenvalue weighted by Gasteiger charge is -2.24. The lowest BCUT2D eigenvalue weighted by atomic mass is 10.1. The summed E-state index contributed by atoms with van der Waals surface area (Å²) in [5.74, 6) is 0.795. The van der Waals surface area contributed by atoms with Gasteiger partial charge in [0.1, 0.15) is 5.82 Å². The molecule has 1 aliphatic rings. The normalized spacial score (nSPS) is 18.4. The van der Waals surface area contributed by atoms with Crippen molar-refractivity contribution in [2.45, 2.75) is 45.6 Å². The van der Waals surface area contributed by atoms with Crippen LogP contribution in [0.3, 0.4) is 0 Å². The van der Waals surface area contributed by atoms with Gasteiger partial charge in [0.05, 0.1) is 5.56 Å². The molecule has 1 unspecified atom stereocenters. The van der Waals surface area contributed by atoms with E-state index in [-0.39, 0.29) is 5.91 Å². The minimum Gasteiger partial charge on any atom is -0.369 e. The molecule has 1 fully saturated rings. The van der Waals surface area contributed by atoms with Gasteiger partial charge >= 0.3 is 0 Å².